The van der Waals surface area contributed by atoms with Gasteiger partial charge in [-0.1, -0.05) is 0 Å². The fourth-order valence-electron chi connectivity index (χ4n) is 4.10. The standard InChI is InChI=1S/C18H27N5O3S/c24-16(25)12-1-3-13(4-2-12)20-17(26)22-7-9-23(10-8-22)18-21-14-5-6-19-11-15(14)27-18/h12-13,19H,1-11H2,(H,20,26)(H,24,25). The molecule has 4 rings (SSSR count). The Labute approximate surface area is 162 Å². The number of carbonyl (C=O) groups is 2. The quantitative estimate of drug-likeness (QED) is 0.715. The average molecular weight is 394 g/mol. The predicted molar refractivity (Wildman–Crippen MR) is 103 cm³/mol. The first kappa shape index (κ1) is 18.5. The number of nitrogens with zero attached hydrogens (tertiary/aromatic N) is 3. The fraction of sp³-hybridized carbons (Fsp3) is 0.722. The first-order valence-electron chi connectivity index (χ1n) is 9.82. The van der Waals surface area contributed by atoms with E-state index in [1.54, 1.807) is 11.3 Å². The number of nitrogens with one attached hydrogen (secondary N) is 2. The normalized spacial score (nSPS) is 25.8. The van der Waals surface area contributed by atoms with E-state index < -0.39 is 5.97 Å². The largest absolute Gasteiger partial charge is 0.481 e. The van der Waals surface area contributed by atoms with E-state index in [9.17, 15) is 9.59 Å². The second-order valence-electron chi connectivity index (χ2n) is 7.60. The zero-order valence-electron chi connectivity index (χ0n) is 15.4. The maximum Gasteiger partial charge on any atom is 0.317 e. The minimum absolute atomic E-state index is 0.0175. The number of thiazole rings is 1. The van der Waals surface area contributed by atoms with Gasteiger partial charge in [-0.05, 0) is 25.7 Å². The molecule has 0 radical (unpaired) electrons. The van der Waals surface area contributed by atoms with E-state index in [-0.39, 0.29) is 18.0 Å². The molecule has 27 heavy (non-hydrogen) atoms. The number of aliphatic carboxylic acids is 1. The topological polar surface area (TPSA) is 97.8 Å². The van der Waals surface area contributed by atoms with E-state index in [1.807, 2.05) is 4.90 Å². The molecule has 0 bridgehead atoms. The molecule has 1 aliphatic carbocycles. The van der Waals surface area contributed by atoms with E-state index in [0.29, 0.717) is 25.9 Å². The van der Waals surface area contributed by atoms with E-state index in [1.165, 1.54) is 10.6 Å². The molecule has 0 atom stereocenters. The lowest BCUT2D eigenvalue weighted by molar-refractivity contribution is -0.142. The summed E-state index contributed by atoms with van der Waals surface area (Å²) < 4.78 is 0. The number of carboxylic acid groups (broad SMARTS) is 1. The highest BCUT2D eigenvalue weighted by Gasteiger charge is 2.29. The second-order valence-corrected chi connectivity index (χ2v) is 8.67. The maximum absolute atomic E-state index is 12.5. The number of urea groups is 1. The molecular formula is C18H27N5O3S. The number of fused-ring (bicyclic) bond motifs is 1. The summed E-state index contributed by atoms with van der Waals surface area (Å²) in [6.07, 6.45) is 3.80. The zero-order valence-corrected chi connectivity index (χ0v) is 16.3. The Kier molecular flexibility index (Phi) is 5.49. The Morgan fingerprint density at radius 2 is 1.89 bits per heavy atom. The van der Waals surface area contributed by atoms with Crippen LogP contribution in [0.5, 0.6) is 0 Å². The SMILES string of the molecule is O=C(O)C1CCC(NC(=O)N2CCN(c3nc4c(s3)CNCC4)CC2)CC1. The van der Waals surface area contributed by atoms with Crippen molar-refractivity contribution >= 4 is 28.5 Å². The van der Waals surface area contributed by atoms with Gasteiger partial charge >= 0.3 is 12.0 Å². The third-order valence-electron chi connectivity index (χ3n) is 5.83. The van der Waals surface area contributed by atoms with Gasteiger partial charge in [0.15, 0.2) is 5.13 Å². The van der Waals surface area contributed by atoms with Crippen LogP contribution in [0.1, 0.15) is 36.3 Å². The molecule has 148 valence electrons. The molecule has 2 aliphatic heterocycles. The van der Waals surface area contributed by atoms with Crippen LogP contribution in [-0.4, -0.2) is 65.8 Å². The molecule has 1 saturated heterocycles. The van der Waals surface area contributed by atoms with Crippen LogP contribution in [0, 0.1) is 5.92 Å². The average Bonchev–Trinajstić information content (AvgIpc) is 3.13. The number of carboxylic acids is 1. The molecule has 2 fully saturated rings. The third kappa shape index (κ3) is 4.19. The maximum atomic E-state index is 12.5. The van der Waals surface area contributed by atoms with Crippen molar-refractivity contribution < 1.29 is 14.7 Å². The van der Waals surface area contributed by atoms with Crippen molar-refractivity contribution in [3.8, 4) is 0 Å². The Bertz CT molecular complexity index is 670. The van der Waals surface area contributed by atoms with Gasteiger partial charge in [-0.15, -0.1) is 11.3 Å². The van der Waals surface area contributed by atoms with Gasteiger partial charge < -0.3 is 25.5 Å². The minimum Gasteiger partial charge on any atom is -0.481 e. The lowest BCUT2D eigenvalue weighted by Gasteiger charge is -2.36. The number of carbonyl (C=O) groups excluding carboxylic acids is 1. The van der Waals surface area contributed by atoms with Gasteiger partial charge in [0.05, 0.1) is 11.6 Å². The first-order valence-corrected chi connectivity index (χ1v) is 10.6. The lowest BCUT2D eigenvalue weighted by atomic mass is 9.86. The summed E-state index contributed by atoms with van der Waals surface area (Å²) in [6.45, 7) is 4.91. The van der Waals surface area contributed by atoms with Gasteiger partial charge in [0.2, 0.25) is 0 Å². The summed E-state index contributed by atoms with van der Waals surface area (Å²) in [4.78, 5) is 33.9. The van der Waals surface area contributed by atoms with Crippen molar-refractivity contribution in [2.75, 3.05) is 37.6 Å². The summed E-state index contributed by atoms with van der Waals surface area (Å²) >= 11 is 1.77. The Morgan fingerprint density at radius 3 is 2.56 bits per heavy atom. The highest BCUT2D eigenvalue weighted by molar-refractivity contribution is 7.15. The van der Waals surface area contributed by atoms with Crippen molar-refractivity contribution in [1.29, 1.82) is 0 Å². The predicted octanol–water partition coefficient (Wildman–Crippen LogP) is 1.26. The van der Waals surface area contributed by atoms with Crippen molar-refractivity contribution in [3.63, 3.8) is 0 Å². The van der Waals surface area contributed by atoms with E-state index in [4.69, 9.17) is 10.1 Å². The number of hydrogen-bond acceptors (Lipinski definition) is 6. The molecule has 1 aromatic rings. The van der Waals surface area contributed by atoms with E-state index >= 15 is 0 Å². The monoisotopic (exact) mass is 393 g/mol. The van der Waals surface area contributed by atoms with Crippen LogP contribution in [0.2, 0.25) is 0 Å². The summed E-state index contributed by atoms with van der Waals surface area (Å²) in [5.41, 5.74) is 1.23. The molecule has 1 saturated carbocycles. The summed E-state index contributed by atoms with van der Waals surface area (Å²) in [7, 11) is 0. The van der Waals surface area contributed by atoms with Gasteiger partial charge in [0, 0.05) is 56.6 Å². The van der Waals surface area contributed by atoms with Crippen LogP contribution in [0.3, 0.4) is 0 Å². The highest BCUT2D eigenvalue weighted by atomic mass is 32.1. The van der Waals surface area contributed by atoms with E-state index in [2.05, 4.69) is 15.5 Å². The van der Waals surface area contributed by atoms with Crippen molar-refractivity contribution in [3.05, 3.63) is 10.6 Å². The number of hydrogen-bond donors (Lipinski definition) is 3. The summed E-state index contributed by atoms with van der Waals surface area (Å²) in [5, 5.41) is 16.6. The number of anilines is 1. The molecule has 9 heteroatoms. The third-order valence-corrected chi connectivity index (χ3v) is 6.99. The smallest absolute Gasteiger partial charge is 0.317 e. The molecule has 3 aliphatic rings. The number of amides is 2. The van der Waals surface area contributed by atoms with Gasteiger partial charge in [0.1, 0.15) is 0 Å². The molecule has 3 N–H and O–H groups in total. The van der Waals surface area contributed by atoms with Crippen LogP contribution in [0.4, 0.5) is 9.93 Å². The van der Waals surface area contributed by atoms with Crippen LogP contribution in [0.25, 0.3) is 0 Å². The Hall–Kier alpha value is -1.87. The van der Waals surface area contributed by atoms with Crippen molar-refractivity contribution in [2.24, 2.45) is 5.92 Å². The molecule has 2 amide bonds. The van der Waals surface area contributed by atoms with Crippen LogP contribution < -0.4 is 15.5 Å². The molecule has 0 unspecified atom stereocenters. The number of aromatic nitrogens is 1. The minimum atomic E-state index is -0.712. The molecule has 1 aromatic heterocycles. The van der Waals surface area contributed by atoms with Crippen molar-refractivity contribution in [2.45, 2.75) is 44.7 Å². The van der Waals surface area contributed by atoms with Gasteiger partial charge in [-0.2, -0.15) is 0 Å². The highest BCUT2D eigenvalue weighted by Crippen LogP contribution is 2.29. The Morgan fingerprint density at radius 1 is 1.15 bits per heavy atom. The molecule has 3 heterocycles. The van der Waals surface area contributed by atoms with Crippen LogP contribution in [0.15, 0.2) is 0 Å². The lowest BCUT2D eigenvalue weighted by Crippen LogP contribution is -2.54. The fourth-order valence-corrected chi connectivity index (χ4v) is 5.23. The molecule has 8 nitrogen and oxygen atoms in total. The Balaban J connectivity index is 1.25. The first-order chi connectivity index (χ1) is 13.1. The summed E-state index contributed by atoms with van der Waals surface area (Å²) in [6, 6.07) is 0.0837. The summed E-state index contributed by atoms with van der Waals surface area (Å²) in [5.74, 6) is -0.962. The zero-order chi connectivity index (χ0) is 18.8. The number of piperazine rings is 1. The van der Waals surface area contributed by atoms with Crippen LogP contribution in [-0.2, 0) is 17.8 Å². The van der Waals surface area contributed by atoms with Crippen LogP contribution >= 0.6 is 11.3 Å². The van der Waals surface area contributed by atoms with Crippen molar-refractivity contribution in [1.82, 2.24) is 20.5 Å². The molecular weight excluding hydrogens is 366 g/mol. The second kappa shape index (κ2) is 8.02. The van der Waals surface area contributed by atoms with Gasteiger partial charge in [0.25, 0.3) is 0 Å². The number of rotatable bonds is 3. The van der Waals surface area contributed by atoms with E-state index in [0.717, 1.165) is 50.6 Å². The molecule has 0 spiro atoms. The van der Waals surface area contributed by atoms with Gasteiger partial charge in [-0.25, -0.2) is 9.78 Å². The molecule has 0 aromatic carbocycles. The van der Waals surface area contributed by atoms with Gasteiger partial charge in [-0.3, -0.25) is 4.79 Å².